The van der Waals surface area contributed by atoms with E-state index in [-0.39, 0.29) is 38.3 Å². The van der Waals surface area contributed by atoms with Gasteiger partial charge in [0, 0.05) is 12.8 Å². The molecule has 1 heterocycles. The Kier molecular flexibility index (Phi) is 33.3. The molecule has 0 aromatic heterocycles. The highest BCUT2D eigenvalue weighted by Crippen LogP contribution is 2.43. The topological polar surface area (TPSA) is 121 Å². The molecule has 1 aliphatic heterocycles. The highest BCUT2D eigenvalue weighted by Gasteiger charge is 2.36. The number of esters is 2. The molecule has 4 atom stereocenters. The third kappa shape index (κ3) is 36.9. The number of epoxide rings is 1. The van der Waals surface area contributed by atoms with Crippen LogP contribution < -0.4 is 0 Å². The molecule has 0 amide bonds. The van der Waals surface area contributed by atoms with Gasteiger partial charge >= 0.3 is 19.8 Å². The molecular formula is C48H83NO9P+. The molecule has 0 bridgehead atoms. The summed E-state index contributed by atoms with van der Waals surface area (Å²) in [5.41, 5.74) is 0. The number of allylic oxidation sites excluding steroid dienone is 10. The number of carbonyl (C=O) groups is 2. The quantitative estimate of drug-likeness (QED) is 0.0161. The Morgan fingerprint density at radius 2 is 1.08 bits per heavy atom. The SMILES string of the molecule is CCCCC/C=C\C/C=C\C/C=C\CCCCCCC(=O)OC[C@H](COP(=O)(O)OCC[N+](C)(C)C)OC(=O)CCC/C=C\CC1OC1C/C=C\C/C=C\CCCCC. The maximum atomic E-state index is 12.7. The average molecular weight is 849 g/mol. The third-order valence-corrected chi connectivity index (χ3v) is 10.6. The molecule has 338 valence electrons. The van der Waals surface area contributed by atoms with E-state index in [0.717, 1.165) is 64.2 Å². The lowest BCUT2D eigenvalue weighted by molar-refractivity contribution is -0.870. The van der Waals surface area contributed by atoms with Gasteiger partial charge in [-0.25, -0.2) is 4.57 Å². The maximum absolute atomic E-state index is 12.7. The Balaban J connectivity index is 2.35. The minimum atomic E-state index is -4.41. The average Bonchev–Trinajstić information content (AvgIpc) is 3.94. The highest BCUT2D eigenvalue weighted by molar-refractivity contribution is 7.47. The maximum Gasteiger partial charge on any atom is 0.472 e. The van der Waals surface area contributed by atoms with Crippen LogP contribution in [-0.4, -0.2) is 87.1 Å². The van der Waals surface area contributed by atoms with Crippen molar-refractivity contribution in [3.63, 3.8) is 0 Å². The summed E-state index contributed by atoms with van der Waals surface area (Å²) >= 11 is 0. The minimum Gasteiger partial charge on any atom is -0.462 e. The molecule has 11 heteroatoms. The number of phosphoric ester groups is 1. The van der Waals surface area contributed by atoms with Gasteiger partial charge in [-0.15, -0.1) is 0 Å². The van der Waals surface area contributed by atoms with Gasteiger partial charge in [-0.05, 0) is 89.9 Å². The van der Waals surface area contributed by atoms with E-state index in [2.05, 4.69) is 86.8 Å². The summed E-state index contributed by atoms with van der Waals surface area (Å²) in [6, 6.07) is 0. The van der Waals surface area contributed by atoms with E-state index in [9.17, 15) is 19.0 Å². The molecule has 0 saturated carbocycles. The molecule has 0 aromatic carbocycles. The van der Waals surface area contributed by atoms with Gasteiger partial charge in [-0.1, -0.05) is 125 Å². The monoisotopic (exact) mass is 849 g/mol. The number of nitrogens with zero attached hydrogens (tertiary/aromatic N) is 1. The summed E-state index contributed by atoms with van der Waals surface area (Å²) in [6.45, 7) is 4.24. The Bertz CT molecular complexity index is 1300. The smallest absolute Gasteiger partial charge is 0.462 e. The molecule has 0 spiro atoms. The van der Waals surface area contributed by atoms with Crippen LogP contribution in [-0.2, 0) is 37.4 Å². The summed E-state index contributed by atoms with van der Waals surface area (Å²) in [5, 5.41) is 0. The van der Waals surface area contributed by atoms with E-state index >= 15 is 0 Å². The number of hydrogen-bond donors (Lipinski definition) is 1. The summed E-state index contributed by atoms with van der Waals surface area (Å²) in [7, 11) is 1.41. The Labute approximate surface area is 359 Å². The van der Waals surface area contributed by atoms with Crippen molar-refractivity contribution in [1.29, 1.82) is 0 Å². The number of carbonyl (C=O) groups excluding carboxylic acids is 2. The molecule has 0 aliphatic carbocycles. The molecule has 0 radical (unpaired) electrons. The molecule has 1 aliphatic rings. The van der Waals surface area contributed by atoms with Crippen LogP contribution in [0.2, 0.25) is 0 Å². The van der Waals surface area contributed by atoms with Gasteiger partial charge in [0.2, 0.25) is 0 Å². The number of hydrogen-bond acceptors (Lipinski definition) is 8. The van der Waals surface area contributed by atoms with Crippen LogP contribution in [0.5, 0.6) is 0 Å². The molecule has 1 rings (SSSR count). The van der Waals surface area contributed by atoms with Gasteiger partial charge in [0.1, 0.15) is 19.8 Å². The molecule has 1 saturated heterocycles. The lowest BCUT2D eigenvalue weighted by Gasteiger charge is -2.24. The summed E-state index contributed by atoms with van der Waals surface area (Å²) in [6.07, 6.45) is 46.9. The third-order valence-electron chi connectivity index (χ3n) is 9.61. The normalized spacial score (nSPS) is 17.7. The molecule has 0 aromatic rings. The van der Waals surface area contributed by atoms with Crippen molar-refractivity contribution in [3.8, 4) is 0 Å². The van der Waals surface area contributed by atoms with E-state index in [1.807, 2.05) is 21.1 Å². The first-order valence-electron chi connectivity index (χ1n) is 22.8. The number of quaternary nitrogens is 1. The molecule has 1 N–H and O–H groups in total. The predicted octanol–water partition coefficient (Wildman–Crippen LogP) is 12.0. The van der Waals surface area contributed by atoms with Crippen molar-refractivity contribution in [3.05, 3.63) is 72.9 Å². The van der Waals surface area contributed by atoms with Crippen LogP contribution in [0.1, 0.15) is 155 Å². The molecule has 3 unspecified atom stereocenters. The predicted molar refractivity (Wildman–Crippen MR) is 242 cm³/mol. The van der Waals surface area contributed by atoms with Crippen LogP contribution in [0, 0.1) is 0 Å². The van der Waals surface area contributed by atoms with Gasteiger partial charge in [0.15, 0.2) is 6.10 Å². The largest absolute Gasteiger partial charge is 0.472 e. The van der Waals surface area contributed by atoms with E-state index in [1.54, 1.807) is 0 Å². The van der Waals surface area contributed by atoms with Crippen molar-refractivity contribution in [2.75, 3.05) is 47.5 Å². The fourth-order valence-corrected chi connectivity index (χ4v) is 6.62. The van der Waals surface area contributed by atoms with E-state index < -0.39 is 32.5 Å². The van der Waals surface area contributed by atoms with Gasteiger partial charge < -0.3 is 23.6 Å². The van der Waals surface area contributed by atoms with Crippen molar-refractivity contribution < 1.29 is 46.8 Å². The van der Waals surface area contributed by atoms with Gasteiger partial charge in [0.25, 0.3) is 0 Å². The lowest BCUT2D eigenvalue weighted by Crippen LogP contribution is -2.37. The zero-order valence-corrected chi connectivity index (χ0v) is 38.5. The Morgan fingerprint density at radius 3 is 1.66 bits per heavy atom. The summed E-state index contributed by atoms with van der Waals surface area (Å²) in [4.78, 5) is 35.4. The molecule has 1 fully saturated rings. The van der Waals surface area contributed by atoms with Crippen LogP contribution >= 0.6 is 7.82 Å². The Morgan fingerprint density at radius 1 is 0.610 bits per heavy atom. The second-order valence-electron chi connectivity index (χ2n) is 16.5. The second kappa shape index (κ2) is 36.1. The number of unbranched alkanes of at least 4 members (excludes halogenated alkanes) is 11. The fraction of sp³-hybridized carbons (Fsp3) is 0.708. The highest BCUT2D eigenvalue weighted by atomic mass is 31.2. The van der Waals surface area contributed by atoms with Gasteiger partial charge in [-0.2, -0.15) is 0 Å². The zero-order valence-electron chi connectivity index (χ0n) is 37.7. The van der Waals surface area contributed by atoms with E-state index in [1.165, 1.54) is 44.9 Å². The minimum absolute atomic E-state index is 0.0108. The van der Waals surface area contributed by atoms with Gasteiger partial charge in [-0.3, -0.25) is 18.6 Å². The number of rotatable bonds is 39. The lowest BCUT2D eigenvalue weighted by atomic mass is 10.1. The van der Waals surface area contributed by atoms with Crippen LogP contribution in [0.4, 0.5) is 0 Å². The van der Waals surface area contributed by atoms with Crippen molar-refractivity contribution in [1.82, 2.24) is 0 Å². The second-order valence-corrected chi connectivity index (χ2v) is 17.9. The summed E-state index contributed by atoms with van der Waals surface area (Å²) in [5.74, 6) is -0.904. The van der Waals surface area contributed by atoms with Crippen molar-refractivity contribution in [2.24, 2.45) is 0 Å². The number of phosphoric acid groups is 1. The molecule has 10 nitrogen and oxygen atoms in total. The van der Waals surface area contributed by atoms with E-state index in [0.29, 0.717) is 30.3 Å². The molecule has 59 heavy (non-hydrogen) atoms. The molecular weight excluding hydrogens is 765 g/mol. The first-order valence-corrected chi connectivity index (χ1v) is 24.3. The summed E-state index contributed by atoms with van der Waals surface area (Å²) < 4.78 is 40.1. The van der Waals surface area contributed by atoms with Gasteiger partial charge in [0.05, 0.1) is 40.0 Å². The van der Waals surface area contributed by atoms with E-state index in [4.69, 9.17) is 23.3 Å². The van der Waals surface area contributed by atoms with Crippen molar-refractivity contribution in [2.45, 2.75) is 173 Å². The van der Waals surface area contributed by atoms with Crippen molar-refractivity contribution >= 4 is 19.8 Å². The zero-order chi connectivity index (χ0) is 43.3. The standard InChI is InChI=1S/C48H82NO9P/c1-6-8-10-12-14-16-17-18-19-20-21-22-23-25-27-29-34-38-47(50)54-42-44(43-56-59(52,53)55-41-40-49(3,4)5)57-48(51)39-35-31-30-33-37-46-45(58-46)36-32-28-26-24-15-13-11-9-7-2/h14-16,18-19,21-22,24,28,30,32-33,44-46H,6-13,17,20,23,25-27,29,31,34-43H2,1-5H3/p+1/b16-14-,19-18-,22-21-,24-15-,32-28-,33-30-/t44-,45?,46?/m1/s1. The first kappa shape index (κ1) is 54.4. The van der Waals surface area contributed by atoms with Crippen LogP contribution in [0.25, 0.3) is 0 Å². The van der Waals surface area contributed by atoms with Crippen LogP contribution in [0.15, 0.2) is 72.9 Å². The fourth-order valence-electron chi connectivity index (χ4n) is 5.88. The number of likely N-dealkylation sites (N-methyl/N-ethyl adjacent to an activating group) is 1. The number of ether oxygens (including phenoxy) is 3. The van der Waals surface area contributed by atoms with Crippen LogP contribution in [0.3, 0.4) is 0 Å². The first-order chi connectivity index (χ1) is 28.5. The Hall–Kier alpha value is -2.59.